The zero-order valence-corrected chi connectivity index (χ0v) is 8.74. The summed E-state index contributed by atoms with van der Waals surface area (Å²) in [6.45, 7) is 0.794. The molecule has 82 valence electrons. The quantitative estimate of drug-likeness (QED) is 0.588. The van der Waals surface area contributed by atoms with Crippen molar-refractivity contribution in [2.24, 2.45) is 16.5 Å². The van der Waals surface area contributed by atoms with Crippen molar-refractivity contribution in [1.29, 1.82) is 0 Å². The molecule has 0 amide bonds. The average Bonchev–Trinajstić information content (AvgIpc) is 2.73. The van der Waals surface area contributed by atoms with E-state index < -0.39 is 0 Å². The highest BCUT2D eigenvalue weighted by Crippen LogP contribution is 2.13. The van der Waals surface area contributed by atoms with Gasteiger partial charge in [0.1, 0.15) is 0 Å². The summed E-state index contributed by atoms with van der Waals surface area (Å²) in [4.78, 5) is 7.93. The lowest BCUT2D eigenvalue weighted by molar-refractivity contribution is 0.797. The normalized spacial score (nSPS) is 10.0. The van der Waals surface area contributed by atoms with Gasteiger partial charge in [0.2, 0.25) is 0 Å². The van der Waals surface area contributed by atoms with E-state index >= 15 is 0 Å². The third-order valence-corrected chi connectivity index (χ3v) is 2.12. The van der Waals surface area contributed by atoms with Gasteiger partial charge in [-0.25, -0.2) is 9.98 Å². The van der Waals surface area contributed by atoms with Gasteiger partial charge in [0.25, 0.3) is 0 Å². The zero-order chi connectivity index (χ0) is 11.4. The minimum Gasteiger partial charge on any atom is -0.370 e. The molecule has 5 heteroatoms. The van der Waals surface area contributed by atoms with Crippen LogP contribution in [0.2, 0.25) is 0 Å². The van der Waals surface area contributed by atoms with Crippen molar-refractivity contribution in [1.82, 2.24) is 9.55 Å². The molecular weight excluding hydrogens is 202 g/mol. The molecule has 5 nitrogen and oxygen atoms in total. The molecule has 1 aromatic heterocycles. The SMILES string of the molecule is NC(N)=Nc1ccc(Cn2ccnc2)cc1. The van der Waals surface area contributed by atoms with Crippen molar-refractivity contribution in [2.75, 3.05) is 0 Å². The molecule has 0 aliphatic heterocycles. The number of aromatic nitrogens is 2. The van der Waals surface area contributed by atoms with Crippen LogP contribution in [0.4, 0.5) is 5.69 Å². The largest absolute Gasteiger partial charge is 0.370 e. The first kappa shape index (κ1) is 10.2. The van der Waals surface area contributed by atoms with Gasteiger partial charge >= 0.3 is 0 Å². The van der Waals surface area contributed by atoms with Crippen LogP contribution in [0.3, 0.4) is 0 Å². The van der Waals surface area contributed by atoms with Gasteiger partial charge in [0.05, 0.1) is 12.0 Å². The number of nitrogens with zero attached hydrogens (tertiary/aromatic N) is 3. The highest BCUT2D eigenvalue weighted by atomic mass is 15.0. The van der Waals surface area contributed by atoms with Gasteiger partial charge in [-0.3, -0.25) is 0 Å². The molecule has 0 saturated carbocycles. The highest BCUT2D eigenvalue weighted by Gasteiger charge is 1.95. The number of aliphatic imine (C=N–C) groups is 1. The van der Waals surface area contributed by atoms with Gasteiger partial charge in [-0.2, -0.15) is 0 Å². The molecule has 0 radical (unpaired) electrons. The van der Waals surface area contributed by atoms with E-state index in [1.165, 1.54) is 5.56 Å². The molecule has 2 aromatic rings. The molecule has 0 bridgehead atoms. The third kappa shape index (κ3) is 2.60. The molecule has 1 aromatic carbocycles. The summed E-state index contributed by atoms with van der Waals surface area (Å²) < 4.78 is 2.00. The first-order valence-electron chi connectivity index (χ1n) is 4.88. The van der Waals surface area contributed by atoms with Crippen LogP contribution in [0.15, 0.2) is 48.0 Å². The summed E-state index contributed by atoms with van der Waals surface area (Å²) in [5, 5.41) is 0. The topological polar surface area (TPSA) is 82.2 Å². The van der Waals surface area contributed by atoms with Crippen LogP contribution in [-0.2, 0) is 6.54 Å². The predicted molar refractivity (Wildman–Crippen MR) is 63.2 cm³/mol. The van der Waals surface area contributed by atoms with Crippen molar-refractivity contribution < 1.29 is 0 Å². The molecule has 0 aliphatic rings. The van der Waals surface area contributed by atoms with Crippen LogP contribution in [0.5, 0.6) is 0 Å². The monoisotopic (exact) mass is 215 g/mol. The Hall–Kier alpha value is -2.30. The Kier molecular flexibility index (Phi) is 2.86. The molecule has 0 saturated heterocycles. The molecule has 2 rings (SSSR count). The van der Waals surface area contributed by atoms with E-state index in [0.29, 0.717) is 0 Å². The molecule has 16 heavy (non-hydrogen) atoms. The van der Waals surface area contributed by atoms with Crippen LogP contribution in [0.1, 0.15) is 5.56 Å². The Morgan fingerprint density at radius 3 is 2.56 bits per heavy atom. The molecule has 0 fully saturated rings. The predicted octanol–water partition coefficient (Wildman–Crippen LogP) is 0.836. The summed E-state index contributed by atoms with van der Waals surface area (Å²) in [5.74, 6) is 0.0716. The minimum atomic E-state index is 0.0716. The standard InChI is InChI=1S/C11H13N5/c12-11(13)15-10-3-1-9(2-4-10)7-16-6-5-14-8-16/h1-6,8H,7H2,(H4,12,13,15). The van der Waals surface area contributed by atoms with Gasteiger partial charge in [-0.15, -0.1) is 0 Å². The molecule has 4 N–H and O–H groups in total. The van der Waals surface area contributed by atoms with Crippen LogP contribution in [0, 0.1) is 0 Å². The van der Waals surface area contributed by atoms with Gasteiger partial charge in [0.15, 0.2) is 5.96 Å². The van der Waals surface area contributed by atoms with Crippen LogP contribution < -0.4 is 11.5 Å². The maximum atomic E-state index is 5.29. The van der Waals surface area contributed by atoms with Crippen LogP contribution in [0.25, 0.3) is 0 Å². The molecule has 0 unspecified atom stereocenters. The van der Waals surface area contributed by atoms with E-state index in [2.05, 4.69) is 9.98 Å². The zero-order valence-electron chi connectivity index (χ0n) is 8.74. The third-order valence-electron chi connectivity index (χ3n) is 2.12. The summed E-state index contributed by atoms with van der Waals surface area (Å²) in [5.41, 5.74) is 12.5. The van der Waals surface area contributed by atoms with E-state index in [1.54, 1.807) is 12.5 Å². The van der Waals surface area contributed by atoms with Gasteiger partial charge < -0.3 is 16.0 Å². The number of hydrogen-bond donors (Lipinski definition) is 2. The Morgan fingerprint density at radius 2 is 2.00 bits per heavy atom. The smallest absolute Gasteiger partial charge is 0.191 e. The van der Waals surface area contributed by atoms with E-state index in [1.807, 2.05) is 35.0 Å². The molecule has 0 aliphatic carbocycles. The number of rotatable bonds is 3. The van der Waals surface area contributed by atoms with E-state index in [-0.39, 0.29) is 5.96 Å². The minimum absolute atomic E-state index is 0.0716. The molecule has 0 spiro atoms. The molecular formula is C11H13N5. The summed E-state index contributed by atoms with van der Waals surface area (Å²) in [6.07, 6.45) is 5.46. The van der Waals surface area contributed by atoms with E-state index in [0.717, 1.165) is 12.2 Å². The lowest BCUT2D eigenvalue weighted by Gasteiger charge is -2.02. The van der Waals surface area contributed by atoms with Crippen LogP contribution in [-0.4, -0.2) is 15.5 Å². The van der Waals surface area contributed by atoms with Crippen molar-refractivity contribution in [3.05, 3.63) is 48.5 Å². The second kappa shape index (κ2) is 4.48. The van der Waals surface area contributed by atoms with Crippen molar-refractivity contribution in [3.63, 3.8) is 0 Å². The Morgan fingerprint density at radius 1 is 1.25 bits per heavy atom. The number of benzene rings is 1. The Labute approximate surface area is 93.4 Å². The Balaban J connectivity index is 2.11. The maximum absolute atomic E-state index is 5.29. The van der Waals surface area contributed by atoms with Crippen molar-refractivity contribution in [2.45, 2.75) is 6.54 Å². The fourth-order valence-corrected chi connectivity index (χ4v) is 1.42. The highest BCUT2D eigenvalue weighted by molar-refractivity contribution is 5.78. The van der Waals surface area contributed by atoms with Crippen molar-refractivity contribution >= 4 is 11.6 Å². The van der Waals surface area contributed by atoms with Gasteiger partial charge in [-0.1, -0.05) is 12.1 Å². The lowest BCUT2D eigenvalue weighted by Crippen LogP contribution is -2.21. The summed E-state index contributed by atoms with van der Waals surface area (Å²) in [7, 11) is 0. The lowest BCUT2D eigenvalue weighted by atomic mass is 10.2. The first-order chi connectivity index (χ1) is 7.74. The Bertz CT molecular complexity index is 466. The number of hydrogen-bond acceptors (Lipinski definition) is 2. The second-order valence-corrected chi connectivity index (χ2v) is 3.44. The fraction of sp³-hybridized carbons (Fsp3) is 0.0909. The molecule has 0 atom stereocenters. The fourth-order valence-electron chi connectivity index (χ4n) is 1.42. The summed E-state index contributed by atoms with van der Waals surface area (Å²) in [6, 6.07) is 7.74. The number of nitrogens with two attached hydrogens (primary N) is 2. The van der Waals surface area contributed by atoms with Gasteiger partial charge in [-0.05, 0) is 17.7 Å². The molecule has 1 heterocycles. The maximum Gasteiger partial charge on any atom is 0.191 e. The summed E-state index contributed by atoms with van der Waals surface area (Å²) >= 11 is 0. The first-order valence-corrected chi connectivity index (χ1v) is 4.88. The van der Waals surface area contributed by atoms with Crippen molar-refractivity contribution in [3.8, 4) is 0 Å². The number of imidazole rings is 1. The van der Waals surface area contributed by atoms with E-state index in [9.17, 15) is 0 Å². The second-order valence-electron chi connectivity index (χ2n) is 3.44. The van der Waals surface area contributed by atoms with E-state index in [4.69, 9.17) is 11.5 Å². The average molecular weight is 215 g/mol. The number of guanidine groups is 1. The van der Waals surface area contributed by atoms with Gasteiger partial charge in [0, 0.05) is 18.9 Å². The van der Waals surface area contributed by atoms with Crippen LogP contribution >= 0.6 is 0 Å².